The van der Waals surface area contributed by atoms with E-state index < -0.39 is 75.3 Å². The highest BCUT2D eigenvalue weighted by Gasteiger charge is 2.29. The van der Waals surface area contributed by atoms with Crippen LogP contribution in [0.2, 0.25) is 0 Å². The quantitative estimate of drug-likeness (QED) is 0.0445. The molecule has 0 saturated carbocycles. The summed E-state index contributed by atoms with van der Waals surface area (Å²) in [4.78, 5) is 84.2. The summed E-state index contributed by atoms with van der Waals surface area (Å²) in [6, 6.07) is 0.390. The largest absolute Gasteiger partial charge is 0.464 e. The molecule has 0 aliphatic heterocycles. The highest BCUT2D eigenvalue weighted by Crippen LogP contribution is 2.32. The summed E-state index contributed by atoms with van der Waals surface area (Å²) in [6.07, 6.45) is 1.24. The van der Waals surface area contributed by atoms with Gasteiger partial charge in [-0.15, -0.1) is 11.8 Å². The van der Waals surface area contributed by atoms with Gasteiger partial charge >= 0.3 is 18.0 Å². The first kappa shape index (κ1) is 40.5. The minimum atomic E-state index is -1.35. The third-order valence-corrected chi connectivity index (χ3v) is 7.11. The first-order valence-electron chi connectivity index (χ1n) is 15.0. The average molecular weight is 686 g/mol. The van der Waals surface area contributed by atoms with Gasteiger partial charge < -0.3 is 30.2 Å². The van der Waals surface area contributed by atoms with Crippen molar-refractivity contribution in [2.24, 2.45) is 0 Å². The van der Waals surface area contributed by atoms with Gasteiger partial charge in [0.15, 0.2) is 0 Å². The van der Waals surface area contributed by atoms with Crippen LogP contribution in [-0.4, -0.2) is 82.9 Å². The molecule has 3 amide bonds. The summed E-state index contributed by atoms with van der Waals surface area (Å²) >= 11 is 0.776. The van der Waals surface area contributed by atoms with Crippen LogP contribution in [0.5, 0.6) is 0 Å². The number of carbonyl (C=O) groups is 5. The molecule has 0 aliphatic carbocycles. The van der Waals surface area contributed by atoms with E-state index in [-0.39, 0.29) is 36.7 Å². The smallest absolute Gasteiger partial charge is 0.408 e. The summed E-state index contributed by atoms with van der Waals surface area (Å²) < 4.78 is 15.4. The van der Waals surface area contributed by atoms with E-state index in [0.717, 1.165) is 42.8 Å². The Morgan fingerprint density at radius 2 is 1.55 bits per heavy atom. The molecule has 1 rings (SSSR count). The molecule has 0 spiro atoms. The summed E-state index contributed by atoms with van der Waals surface area (Å²) in [5, 5.41) is 29.9. The number of carbonyl (C=O) groups excluding carboxylic acids is 5. The molecular weight excluding hydrogens is 642 g/mol. The van der Waals surface area contributed by atoms with Gasteiger partial charge in [0.25, 0.3) is 11.4 Å². The molecule has 0 heterocycles. The van der Waals surface area contributed by atoms with Gasteiger partial charge in [-0.1, -0.05) is 26.7 Å². The number of nitro groups is 2. The van der Waals surface area contributed by atoms with E-state index in [4.69, 9.17) is 14.2 Å². The lowest BCUT2D eigenvalue weighted by Crippen LogP contribution is -2.50. The van der Waals surface area contributed by atoms with E-state index in [1.807, 2.05) is 13.8 Å². The summed E-state index contributed by atoms with van der Waals surface area (Å²) in [7, 11) is 0. The number of nitro benzene ring substituents is 2. The second-order valence-corrected chi connectivity index (χ2v) is 12.2. The molecule has 1 aromatic carbocycles. The second-order valence-electron chi connectivity index (χ2n) is 11.1. The molecule has 0 aromatic heterocycles. The third kappa shape index (κ3) is 16.6. The number of hydrogen-bond acceptors (Lipinski definition) is 13. The Morgan fingerprint density at radius 3 is 2.13 bits per heavy atom. The number of hydrogen-bond donors (Lipinski definition) is 3. The predicted octanol–water partition coefficient (Wildman–Crippen LogP) is 3.56. The number of nitrogens with one attached hydrogen (secondary N) is 3. The van der Waals surface area contributed by atoms with Crippen LogP contribution in [0.1, 0.15) is 73.1 Å². The molecule has 262 valence electrons. The maximum atomic E-state index is 13.1. The fraction of sp³-hybridized carbons (Fsp3) is 0.621. The molecule has 47 heavy (non-hydrogen) atoms. The fourth-order valence-electron chi connectivity index (χ4n) is 3.56. The van der Waals surface area contributed by atoms with Crippen molar-refractivity contribution in [3.63, 3.8) is 0 Å². The van der Waals surface area contributed by atoms with Gasteiger partial charge in [0, 0.05) is 18.2 Å². The van der Waals surface area contributed by atoms with Gasteiger partial charge in [0.2, 0.25) is 11.8 Å². The lowest BCUT2D eigenvalue weighted by Gasteiger charge is -2.23. The Balaban J connectivity index is 3.09. The number of ether oxygens (including phenoxy) is 3. The molecule has 3 N–H and O–H groups in total. The van der Waals surface area contributed by atoms with Crippen molar-refractivity contribution in [3.8, 4) is 0 Å². The van der Waals surface area contributed by atoms with Crippen molar-refractivity contribution in [2.45, 2.75) is 95.7 Å². The topological polar surface area (TPSA) is 235 Å². The minimum Gasteiger partial charge on any atom is -0.464 e. The molecular formula is C29H43N5O12S. The molecule has 2 unspecified atom stereocenters. The van der Waals surface area contributed by atoms with Crippen LogP contribution in [0.15, 0.2) is 23.1 Å². The zero-order valence-electron chi connectivity index (χ0n) is 27.2. The molecule has 0 radical (unpaired) electrons. The van der Waals surface area contributed by atoms with Gasteiger partial charge in [-0.2, -0.15) is 0 Å². The summed E-state index contributed by atoms with van der Waals surface area (Å²) in [5.41, 5.74) is -1.95. The van der Waals surface area contributed by atoms with Crippen LogP contribution in [0, 0.1) is 20.2 Å². The number of nitrogens with zero attached hydrogens (tertiary/aromatic N) is 2. The fourth-order valence-corrected chi connectivity index (χ4v) is 4.59. The summed E-state index contributed by atoms with van der Waals surface area (Å²) in [5.74, 6) is -3.32. The van der Waals surface area contributed by atoms with Crippen LogP contribution >= 0.6 is 11.8 Å². The van der Waals surface area contributed by atoms with Gasteiger partial charge in [-0.3, -0.25) is 34.6 Å². The van der Waals surface area contributed by atoms with Crippen molar-refractivity contribution in [2.75, 3.05) is 25.5 Å². The second kappa shape index (κ2) is 20.6. The first-order chi connectivity index (χ1) is 22.1. The number of non-ortho nitro benzene ring substituents is 1. The molecule has 0 saturated heterocycles. The molecule has 0 aliphatic rings. The van der Waals surface area contributed by atoms with Crippen molar-refractivity contribution >= 4 is 53.0 Å². The minimum absolute atomic E-state index is 0.0110. The maximum absolute atomic E-state index is 13.1. The third-order valence-electron chi connectivity index (χ3n) is 5.95. The Labute approximate surface area is 276 Å². The first-order valence-corrected chi connectivity index (χ1v) is 16.0. The number of unbranched alkanes of at least 4 members (excludes halogenated alkanes) is 2. The number of alkyl carbamates (subject to hydrolysis) is 1. The monoisotopic (exact) mass is 685 g/mol. The Hall–Kier alpha value is -4.48. The van der Waals surface area contributed by atoms with Crippen molar-refractivity contribution < 1.29 is 48.0 Å². The molecule has 18 heteroatoms. The van der Waals surface area contributed by atoms with Crippen LogP contribution in [0.3, 0.4) is 0 Å². The standard InChI is InChI=1S/C29H43N5O12S/c1-6-8-14-44-25(36)17-30-26(37)21(18-47-23-12-10-19(33(40)41)16-22(23)34(42)43)31-24(35)13-11-20(27(38)45-15-9-7-2)32-28(39)46-29(3,4)5/h10,12,16,20-21H,6-9,11,13-15,17-18H2,1-5H3,(H,30,37)(H,31,35)(H,32,39). The van der Waals surface area contributed by atoms with E-state index in [1.54, 1.807) is 20.8 Å². The van der Waals surface area contributed by atoms with E-state index >= 15 is 0 Å². The number of thioether (sulfide) groups is 1. The Bertz CT molecular complexity index is 1270. The van der Waals surface area contributed by atoms with E-state index in [0.29, 0.717) is 12.8 Å². The SMILES string of the molecule is CCCCOC(=O)CNC(=O)C(CSc1ccc([N+](=O)[O-])cc1[N+](=O)[O-])NC(=O)CCC(NC(=O)OC(C)(C)C)C(=O)OCCCC. The number of rotatable bonds is 20. The maximum Gasteiger partial charge on any atom is 0.408 e. The lowest BCUT2D eigenvalue weighted by molar-refractivity contribution is -0.396. The van der Waals surface area contributed by atoms with Crippen molar-refractivity contribution in [1.29, 1.82) is 0 Å². The predicted molar refractivity (Wildman–Crippen MR) is 170 cm³/mol. The molecule has 0 bridgehead atoms. The van der Waals surface area contributed by atoms with Crippen molar-refractivity contribution in [1.82, 2.24) is 16.0 Å². The molecule has 1 aromatic rings. The van der Waals surface area contributed by atoms with Crippen LogP contribution in [0.25, 0.3) is 0 Å². The van der Waals surface area contributed by atoms with Gasteiger partial charge in [0.1, 0.15) is 24.2 Å². The lowest BCUT2D eigenvalue weighted by atomic mass is 10.1. The van der Waals surface area contributed by atoms with Gasteiger partial charge in [-0.05, 0) is 46.1 Å². The normalized spacial score (nSPS) is 12.2. The average Bonchev–Trinajstić information content (AvgIpc) is 2.99. The van der Waals surface area contributed by atoms with E-state index in [2.05, 4.69) is 16.0 Å². The van der Waals surface area contributed by atoms with Crippen LogP contribution < -0.4 is 16.0 Å². The van der Waals surface area contributed by atoms with Crippen LogP contribution in [0.4, 0.5) is 16.2 Å². The number of benzene rings is 1. The van der Waals surface area contributed by atoms with Crippen LogP contribution in [-0.2, 0) is 33.4 Å². The highest BCUT2D eigenvalue weighted by atomic mass is 32.2. The zero-order valence-corrected chi connectivity index (χ0v) is 28.0. The Morgan fingerprint density at radius 1 is 0.915 bits per heavy atom. The molecule has 0 fully saturated rings. The van der Waals surface area contributed by atoms with Gasteiger partial charge in [-0.25, -0.2) is 9.59 Å². The molecule has 2 atom stereocenters. The Kier molecular flexibility index (Phi) is 17.8. The summed E-state index contributed by atoms with van der Waals surface area (Å²) in [6.45, 7) is 8.45. The van der Waals surface area contributed by atoms with E-state index in [9.17, 15) is 44.2 Å². The molecule has 17 nitrogen and oxygen atoms in total. The number of esters is 2. The number of amides is 3. The van der Waals surface area contributed by atoms with Gasteiger partial charge in [0.05, 0.1) is 34.0 Å². The van der Waals surface area contributed by atoms with E-state index in [1.165, 1.54) is 0 Å². The highest BCUT2D eigenvalue weighted by molar-refractivity contribution is 7.99. The zero-order chi connectivity index (χ0) is 35.6. The van der Waals surface area contributed by atoms with Crippen molar-refractivity contribution in [3.05, 3.63) is 38.4 Å².